The van der Waals surface area contributed by atoms with E-state index in [-0.39, 0.29) is 0 Å². The van der Waals surface area contributed by atoms with Crippen LogP contribution in [0.1, 0.15) is 18.5 Å². The van der Waals surface area contributed by atoms with Crippen molar-refractivity contribution < 1.29 is 4.52 Å². The summed E-state index contributed by atoms with van der Waals surface area (Å²) in [6.07, 6.45) is 6.60. The number of hydrogen-bond acceptors (Lipinski definition) is 8. The third kappa shape index (κ3) is 3.38. The van der Waals surface area contributed by atoms with Crippen LogP contribution in [0.25, 0.3) is 33.3 Å². The number of hydrogen-bond donors (Lipinski definition) is 1. The molecule has 0 radical (unpaired) electrons. The molecular formula is C22H18N6OS. The second kappa shape index (κ2) is 7.78. The van der Waals surface area contributed by atoms with Crippen LogP contribution in [-0.2, 0) is 5.41 Å². The van der Waals surface area contributed by atoms with Gasteiger partial charge in [0.05, 0.1) is 34.7 Å². The monoisotopic (exact) mass is 414 g/mol. The molecule has 8 heteroatoms. The number of nitrogens with zero attached hydrogens (tertiary/aromatic N) is 5. The number of thiophene rings is 1. The van der Waals surface area contributed by atoms with Crippen molar-refractivity contribution in [1.29, 1.82) is 5.26 Å². The van der Waals surface area contributed by atoms with Crippen LogP contribution in [-0.4, -0.2) is 33.2 Å². The fourth-order valence-corrected chi connectivity index (χ4v) is 4.37. The van der Waals surface area contributed by atoms with E-state index in [4.69, 9.17) is 9.51 Å². The maximum Gasteiger partial charge on any atom is 0.187 e. The van der Waals surface area contributed by atoms with Gasteiger partial charge < -0.3 is 9.84 Å². The molecule has 148 valence electrons. The molecule has 1 aliphatic rings. The van der Waals surface area contributed by atoms with E-state index >= 15 is 0 Å². The van der Waals surface area contributed by atoms with Crippen molar-refractivity contribution >= 4 is 11.3 Å². The lowest BCUT2D eigenvalue weighted by Crippen LogP contribution is -2.39. The molecule has 30 heavy (non-hydrogen) atoms. The zero-order valence-electron chi connectivity index (χ0n) is 16.1. The Morgan fingerprint density at radius 1 is 1.10 bits per heavy atom. The first-order valence-electron chi connectivity index (χ1n) is 9.69. The highest BCUT2D eigenvalue weighted by Gasteiger charge is 2.35. The van der Waals surface area contributed by atoms with Gasteiger partial charge in [0.2, 0.25) is 0 Å². The Kier molecular flexibility index (Phi) is 4.83. The van der Waals surface area contributed by atoms with Gasteiger partial charge in [0.25, 0.3) is 0 Å². The maximum absolute atomic E-state index is 9.87. The molecule has 7 nitrogen and oxygen atoms in total. The molecule has 5 heterocycles. The SMILES string of the molecule is N#CC1(c2cc(-c3cncc(-c4cc(-c5cccs5)no4)n3)ccn2)CCNCC1. The van der Waals surface area contributed by atoms with Crippen LogP contribution in [0, 0.1) is 11.3 Å². The van der Waals surface area contributed by atoms with Crippen LogP contribution in [0.15, 0.2) is 58.8 Å². The van der Waals surface area contributed by atoms with Crippen LogP contribution in [0.4, 0.5) is 0 Å². The van der Waals surface area contributed by atoms with Crippen molar-refractivity contribution in [2.45, 2.75) is 18.3 Å². The number of rotatable bonds is 4. The van der Waals surface area contributed by atoms with Gasteiger partial charge in [-0.2, -0.15) is 5.26 Å². The average molecular weight is 414 g/mol. The van der Waals surface area contributed by atoms with Gasteiger partial charge in [0, 0.05) is 17.8 Å². The van der Waals surface area contributed by atoms with Crippen LogP contribution >= 0.6 is 11.3 Å². The second-order valence-corrected chi connectivity index (χ2v) is 8.16. The Balaban J connectivity index is 1.48. The van der Waals surface area contributed by atoms with Gasteiger partial charge in [-0.15, -0.1) is 11.3 Å². The number of piperidine rings is 1. The molecule has 1 saturated heterocycles. The third-order valence-corrected chi connectivity index (χ3v) is 6.28. The number of nitriles is 1. The molecule has 0 amide bonds. The van der Waals surface area contributed by atoms with Crippen molar-refractivity contribution in [3.05, 3.63) is 60.0 Å². The molecule has 1 aliphatic heterocycles. The van der Waals surface area contributed by atoms with E-state index in [0.29, 0.717) is 17.1 Å². The first-order chi connectivity index (χ1) is 14.8. The minimum Gasteiger partial charge on any atom is -0.354 e. The molecule has 0 unspecified atom stereocenters. The van der Waals surface area contributed by atoms with E-state index in [0.717, 1.165) is 47.8 Å². The molecule has 5 rings (SSSR count). The summed E-state index contributed by atoms with van der Waals surface area (Å²) in [7, 11) is 0. The van der Waals surface area contributed by atoms with Crippen molar-refractivity contribution in [2.24, 2.45) is 0 Å². The van der Waals surface area contributed by atoms with Crippen LogP contribution in [0.5, 0.6) is 0 Å². The molecule has 4 aromatic rings. The topological polar surface area (TPSA) is 101 Å². The highest BCUT2D eigenvalue weighted by molar-refractivity contribution is 7.13. The molecule has 0 spiro atoms. The van der Waals surface area contributed by atoms with Gasteiger partial charge in [-0.1, -0.05) is 11.2 Å². The molecule has 0 saturated carbocycles. The van der Waals surface area contributed by atoms with Crippen LogP contribution in [0.3, 0.4) is 0 Å². The average Bonchev–Trinajstić information content (AvgIpc) is 3.52. The van der Waals surface area contributed by atoms with E-state index in [1.165, 1.54) is 0 Å². The lowest BCUT2D eigenvalue weighted by Gasteiger charge is -2.30. The van der Waals surface area contributed by atoms with Crippen molar-refractivity contribution in [2.75, 3.05) is 13.1 Å². The summed E-state index contributed by atoms with van der Waals surface area (Å²) < 4.78 is 5.51. The second-order valence-electron chi connectivity index (χ2n) is 7.22. The summed E-state index contributed by atoms with van der Waals surface area (Å²) in [5.74, 6) is 0.564. The van der Waals surface area contributed by atoms with Crippen molar-refractivity contribution in [1.82, 2.24) is 25.4 Å². The quantitative estimate of drug-likeness (QED) is 0.537. The Morgan fingerprint density at radius 3 is 2.77 bits per heavy atom. The summed E-state index contributed by atoms with van der Waals surface area (Å²) in [5, 5.41) is 19.3. The first kappa shape index (κ1) is 18.6. The Bertz CT molecular complexity index is 1200. The normalized spacial score (nSPS) is 15.6. The minimum atomic E-state index is -0.563. The lowest BCUT2D eigenvalue weighted by atomic mass is 9.77. The molecule has 0 aromatic carbocycles. The van der Waals surface area contributed by atoms with E-state index in [2.05, 4.69) is 26.5 Å². The molecule has 1 fully saturated rings. The fourth-order valence-electron chi connectivity index (χ4n) is 3.69. The standard InChI is InChI=1S/C22H18N6OS/c23-14-22(4-7-24-8-5-22)21-10-15(3-6-26-21)17-12-25-13-18(27-17)19-11-16(28-29-19)20-2-1-9-30-20/h1-3,6,9-13,24H,4-5,7-8H2. The Hall–Kier alpha value is -3.41. The Labute approximate surface area is 177 Å². The van der Waals surface area contributed by atoms with Gasteiger partial charge in [0.1, 0.15) is 16.8 Å². The van der Waals surface area contributed by atoms with Crippen LogP contribution in [0.2, 0.25) is 0 Å². The van der Waals surface area contributed by atoms with Crippen molar-refractivity contribution in [3.63, 3.8) is 0 Å². The third-order valence-electron chi connectivity index (χ3n) is 5.39. The van der Waals surface area contributed by atoms with Crippen molar-refractivity contribution in [3.8, 4) is 39.4 Å². The minimum absolute atomic E-state index is 0.563. The number of pyridine rings is 1. The maximum atomic E-state index is 9.87. The predicted molar refractivity (Wildman–Crippen MR) is 113 cm³/mol. The highest BCUT2D eigenvalue weighted by Crippen LogP contribution is 2.34. The molecule has 0 bridgehead atoms. The number of aromatic nitrogens is 4. The van der Waals surface area contributed by atoms with E-state index < -0.39 is 5.41 Å². The van der Waals surface area contributed by atoms with Gasteiger partial charge in [0.15, 0.2) is 5.76 Å². The summed E-state index contributed by atoms with van der Waals surface area (Å²) in [5.41, 5.74) is 3.19. The molecule has 1 N–H and O–H groups in total. The van der Waals surface area contributed by atoms with E-state index in [1.807, 2.05) is 35.7 Å². The largest absolute Gasteiger partial charge is 0.354 e. The first-order valence-corrected chi connectivity index (χ1v) is 10.6. The number of nitrogens with one attached hydrogen (secondary N) is 1. The molecular weight excluding hydrogens is 396 g/mol. The van der Waals surface area contributed by atoms with Gasteiger partial charge >= 0.3 is 0 Å². The summed E-state index contributed by atoms with van der Waals surface area (Å²) >= 11 is 1.61. The van der Waals surface area contributed by atoms with Gasteiger partial charge in [-0.3, -0.25) is 9.97 Å². The van der Waals surface area contributed by atoms with Gasteiger partial charge in [-0.25, -0.2) is 4.98 Å². The van der Waals surface area contributed by atoms with E-state index in [1.54, 1.807) is 29.9 Å². The highest BCUT2D eigenvalue weighted by atomic mass is 32.1. The molecule has 0 aliphatic carbocycles. The zero-order valence-corrected chi connectivity index (χ0v) is 16.9. The fraction of sp³-hybridized carbons (Fsp3) is 0.227. The summed E-state index contributed by atoms with van der Waals surface area (Å²) in [6.45, 7) is 1.62. The Morgan fingerprint density at radius 2 is 1.97 bits per heavy atom. The van der Waals surface area contributed by atoms with E-state index in [9.17, 15) is 5.26 Å². The molecule has 4 aromatic heterocycles. The molecule has 0 atom stereocenters. The smallest absolute Gasteiger partial charge is 0.187 e. The van der Waals surface area contributed by atoms with Crippen LogP contribution < -0.4 is 5.32 Å². The zero-order chi connectivity index (χ0) is 20.4. The summed E-state index contributed by atoms with van der Waals surface area (Å²) in [4.78, 5) is 14.6. The lowest BCUT2D eigenvalue weighted by molar-refractivity contribution is 0.375. The van der Waals surface area contributed by atoms with Gasteiger partial charge in [-0.05, 0) is 49.5 Å². The summed E-state index contributed by atoms with van der Waals surface area (Å²) in [6, 6.07) is 12.2. The predicted octanol–water partition coefficient (Wildman–Crippen LogP) is 4.07.